The Morgan fingerprint density at radius 3 is 1.78 bits per heavy atom. The van der Waals surface area contributed by atoms with Crippen molar-refractivity contribution in [2.45, 2.75) is 6.42 Å². The second kappa shape index (κ2) is 8.84. The third-order valence-electron chi connectivity index (χ3n) is 6.55. The van der Waals surface area contributed by atoms with Crippen LogP contribution in [0.5, 0.6) is 0 Å². The molecule has 3 heterocycles. The standard InChI is InChI=1S/C31H20N6/c1-3-9-20(10-4-1)29-35-30(21-11-5-2-6-12-21)37-31(36-29)27-19-33-26(18-34-27)23-14-7-15-24-25(23)17-22-13-8-16-32-28(22)24/h1-16,18-19H,17H2. The molecule has 0 bridgehead atoms. The Labute approximate surface area is 213 Å². The van der Waals surface area contributed by atoms with Crippen LogP contribution in [-0.4, -0.2) is 29.9 Å². The molecule has 37 heavy (non-hydrogen) atoms. The summed E-state index contributed by atoms with van der Waals surface area (Å²) in [6.45, 7) is 0. The zero-order chi connectivity index (χ0) is 24.6. The molecule has 0 radical (unpaired) electrons. The molecule has 0 saturated heterocycles. The van der Waals surface area contributed by atoms with Crippen molar-refractivity contribution >= 4 is 0 Å². The van der Waals surface area contributed by atoms with Crippen LogP contribution in [-0.2, 0) is 6.42 Å². The maximum atomic E-state index is 4.79. The smallest absolute Gasteiger partial charge is 0.184 e. The number of benzene rings is 3. The van der Waals surface area contributed by atoms with Crippen molar-refractivity contribution in [1.82, 2.24) is 29.9 Å². The molecule has 6 heteroatoms. The topological polar surface area (TPSA) is 77.3 Å². The first kappa shape index (κ1) is 21.2. The molecular formula is C31H20N6. The van der Waals surface area contributed by atoms with E-state index in [0.717, 1.165) is 40.1 Å². The SMILES string of the molecule is c1ccc(-c2nc(-c3ccccc3)nc(-c3cnc(-c4cccc5c4Cc4cccnc4-5)cn3)n2)cc1. The van der Waals surface area contributed by atoms with E-state index >= 15 is 0 Å². The van der Waals surface area contributed by atoms with Crippen molar-refractivity contribution in [2.75, 3.05) is 0 Å². The largest absolute Gasteiger partial charge is 0.256 e. The van der Waals surface area contributed by atoms with Crippen molar-refractivity contribution < 1.29 is 0 Å². The molecule has 174 valence electrons. The molecule has 1 aliphatic carbocycles. The Morgan fingerprint density at radius 1 is 0.486 bits per heavy atom. The third kappa shape index (κ3) is 3.85. The quantitative estimate of drug-likeness (QED) is 0.297. The van der Waals surface area contributed by atoms with Crippen LogP contribution < -0.4 is 0 Å². The van der Waals surface area contributed by atoms with Gasteiger partial charge in [0.25, 0.3) is 0 Å². The van der Waals surface area contributed by atoms with Gasteiger partial charge in [-0.2, -0.15) is 0 Å². The lowest BCUT2D eigenvalue weighted by molar-refractivity contribution is 1.05. The molecule has 0 aliphatic heterocycles. The van der Waals surface area contributed by atoms with E-state index in [2.05, 4.69) is 29.2 Å². The van der Waals surface area contributed by atoms with Gasteiger partial charge in [-0.05, 0) is 17.2 Å². The second-order valence-electron chi connectivity index (χ2n) is 8.84. The average molecular weight is 477 g/mol. The fourth-order valence-corrected chi connectivity index (χ4v) is 4.76. The van der Waals surface area contributed by atoms with Crippen LogP contribution in [0.1, 0.15) is 11.1 Å². The summed E-state index contributed by atoms with van der Waals surface area (Å²) in [6.07, 6.45) is 6.23. The highest BCUT2D eigenvalue weighted by Gasteiger charge is 2.23. The molecule has 1 aliphatic rings. The predicted octanol–water partition coefficient (Wildman–Crippen LogP) is 6.30. The molecule has 0 unspecified atom stereocenters. The highest BCUT2D eigenvalue weighted by Crippen LogP contribution is 2.39. The van der Waals surface area contributed by atoms with Crippen LogP contribution in [0.4, 0.5) is 0 Å². The fourth-order valence-electron chi connectivity index (χ4n) is 4.76. The van der Waals surface area contributed by atoms with Crippen LogP contribution in [0.25, 0.3) is 56.8 Å². The fraction of sp³-hybridized carbons (Fsp3) is 0.0323. The van der Waals surface area contributed by atoms with E-state index in [4.69, 9.17) is 24.9 Å². The number of aromatic nitrogens is 6. The zero-order valence-corrected chi connectivity index (χ0v) is 19.8. The summed E-state index contributed by atoms with van der Waals surface area (Å²) in [5, 5.41) is 0. The second-order valence-corrected chi connectivity index (χ2v) is 8.84. The Kier molecular flexibility index (Phi) is 5.07. The van der Waals surface area contributed by atoms with Crippen LogP contribution in [0.3, 0.4) is 0 Å². The highest BCUT2D eigenvalue weighted by atomic mass is 15.0. The van der Waals surface area contributed by atoms with Crippen molar-refractivity contribution in [1.29, 1.82) is 0 Å². The van der Waals surface area contributed by atoms with E-state index in [1.165, 1.54) is 11.1 Å². The Bertz CT molecular complexity index is 1670. The summed E-state index contributed by atoms with van der Waals surface area (Å²) in [7, 11) is 0. The van der Waals surface area contributed by atoms with Gasteiger partial charge in [0.15, 0.2) is 17.5 Å². The van der Waals surface area contributed by atoms with E-state index in [1.54, 1.807) is 12.4 Å². The zero-order valence-electron chi connectivity index (χ0n) is 19.8. The highest BCUT2D eigenvalue weighted by molar-refractivity contribution is 5.81. The maximum absolute atomic E-state index is 4.79. The van der Waals surface area contributed by atoms with Gasteiger partial charge in [0.2, 0.25) is 0 Å². The minimum atomic E-state index is 0.488. The summed E-state index contributed by atoms with van der Waals surface area (Å²) in [5.41, 5.74) is 9.00. The van der Waals surface area contributed by atoms with Crippen LogP contribution in [0, 0.1) is 0 Å². The first-order valence-electron chi connectivity index (χ1n) is 12.1. The van der Waals surface area contributed by atoms with Gasteiger partial charge in [0.1, 0.15) is 5.69 Å². The number of fused-ring (bicyclic) bond motifs is 3. The lowest BCUT2D eigenvalue weighted by atomic mass is 10.0. The Morgan fingerprint density at radius 2 is 1.11 bits per heavy atom. The molecule has 0 N–H and O–H groups in total. The molecule has 0 saturated carbocycles. The number of hydrogen-bond donors (Lipinski definition) is 0. The number of nitrogens with zero attached hydrogens (tertiary/aromatic N) is 6. The summed E-state index contributed by atoms with van der Waals surface area (Å²) in [4.78, 5) is 28.4. The molecule has 0 atom stereocenters. The number of pyridine rings is 1. The van der Waals surface area contributed by atoms with E-state index in [9.17, 15) is 0 Å². The van der Waals surface area contributed by atoms with E-state index in [1.807, 2.05) is 72.9 Å². The monoisotopic (exact) mass is 476 g/mol. The van der Waals surface area contributed by atoms with Crippen molar-refractivity contribution in [3.8, 4) is 56.8 Å². The van der Waals surface area contributed by atoms with E-state index < -0.39 is 0 Å². The van der Waals surface area contributed by atoms with Crippen LogP contribution in [0.2, 0.25) is 0 Å². The first-order chi connectivity index (χ1) is 18.3. The molecule has 0 spiro atoms. The van der Waals surface area contributed by atoms with Gasteiger partial charge in [-0.25, -0.2) is 19.9 Å². The van der Waals surface area contributed by atoms with Crippen molar-refractivity contribution in [3.63, 3.8) is 0 Å². The molecule has 0 fully saturated rings. The molecular weight excluding hydrogens is 456 g/mol. The lowest BCUT2D eigenvalue weighted by Crippen LogP contribution is -2.02. The summed E-state index contributed by atoms with van der Waals surface area (Å²) in [5.74, 6) is 1.68. The van der Waals surface area contributed by atoms with Crippen molar-refractivity contribution in [3.05, 3.63) is 121 Å². The van der Waals surface area contributed by atoms with E-state index in [-0.39, 0.29) is 0 Å². The number of hydrogen-bond acceptors (Lipinski definition) is 6. The number of rotatable bonds is 4. The third-order valence-corrected chi connectivity index (χ3v) is 6.55. The van der Waals surface area contributed by atoms with Gasteiger partial charge in [-0.15, -0.1) is 0 Å². The normalized spacial score (nSPS) is 11.7. The average Bonchev–Trinajstić information content (AvgIpc) is 3.37. The summed E-state index contributed by atoms with van der Waals surface area (Å²) in [6, 6.07) is 30.2. The molecule has 7 rings (SSSR count). The molecule has 0 amide bonds. The maximum Gasteiger partial charge on any atom is 0.184 e. The van der Waals surface area contributed by atoms with Gasteiger partial charge in [0, 0.05) is 34.9 Å². The van der Waals surface area contributed by atoms with Crippen LogP contribution >= 0.6 is 0 Å². The molecule has 3 aromatic carbocycles. The lowest BCUT2D eigenvalue weighted by Gasteiger charge is -2.09. The van der Waals surface area contributed by atoms with Gasteiger partial charge in [-0.3, -0.25) is 9.97 Å². The summed E-state index contributed by atoms with van der Waals surface area (Å²) < 4.78 is 0. The van der Waals surface area contributed by atoms with Crippen LogP contribution in [0.15, 0.2) is 110 Å². The summed E-state index contributed by atoms with van der Waals surface area (Å²) >= 11 is 0. The van der Waals surface area contributed by atoms with Gasteiger partial charge in [-0.1, -0.05) is 84.9 Å². The van der Waals surface area contributed by atoms with Crippen molar-refractivity contribution in [2.24, 2.45) is 0 Å². The van der Waals surface area contributed by atoms with Gasteiger partial charge >= 0.3 is 0 Å². The van der Waals surface area contributed by atoms with Gasteiger partial charge < -0.3 is 0 Å². The van der Waals surface area contributed by atoms with E-state index in [0.29, 0.717) is 23.2 Å². The first-order valence-corrected chi connectivity index (χ1v) is 12.1. The Balaban J connectivity index is 1.30. The molecule has 6 aromatic rings. The van der Waals surface area contributed by atoms with Gasteiger partial charge in [0.05, 0.1) is 23.8 Å². The molecule has 3 aromatic heterocycles. The predicted molar refractivity (Wildman–Crippen MR) is 143 cm³/mol. The minimum Gasteiger partial charge on any atom is -0.256 e. The minimum absolute atomic E-state index is 0.488. The molecule has 6 nitrogen and oxygen atoms in total. The Hall–Kier alpha value is -5.10.